The van der Waals surface area contributed by atoms with Crippen molar-refractivity contribution in [2.24, 2.45) is 0 Å². The van der Waals surface area contributed by atoms with Gasteiger partial charge in [0.25, 0.3) is 0 Å². The van der Waals surface area contributed by atoms with Crippen molar-refractivity contribution < 1.29 is 18.7 Å². The number of rotatable bonds is 0. The van der Waals surface area contributed by atoms with Crippen LogP contribution in [0.15, 0.2) is 16.5 Å². The van der Waals surface area contributed by atoms with Gasteiger partial charge in [-0.3, -0.25) is 9.59 Å². The third-order valence-corrected chi connectivity index (χ3v) is 4.97. The van der Waals surface area contributed by atoms with Gasteiger partial charge in [-0.2, -0.15) is 11.8 Å². The summed E-state index contributed by atoms with van der Waals surface area (Å²) in [6.45, 7) is 0. The highest BCUT2D eigenvalue weighted by atomic mass is 32.2. The van der Waals surface area contributed by atoms with Crippen LogP contribution in [0.5, 0.6) is 0 Å². The SMILES string of the molecule is O=C1OC(=O)[C@@]23CSC[C@]12c1ccc3o1. The van der Waals surface area contributed by atoms with Gasteiger partial charge in [-0.1, -0.05) is 0 Å². The summed E-state index contributed by atoms with van der Waals surface area (Å²) < 4.78 is 10.3. The van der Waals surface area contributed by atoms with Crippen molar-refractivity contribution >= 4 is 23.7 Å². The molecule has 1 aromatic rings. The summed E-state index contributed by atoms with van der Waals surface area (Å²) in [7, 11) is 0. The number of furan rings is 1. The second-order valence-electron chi connectivity index (χ2n) is 4.14. The molecule has 2 bridgehead atoms. The Morgan fingerprint density at radius 2 is 1.60 bits per heavy atom. The Morgan fingerprint density at radius 1 is 1.07 bits per heavy atom. The lowest BCUT2D eigenvalue weighted by Crippen LogP contribution is -2.48. The number of thioether (sulfide) groups is 1. The molecule has 3 aliphatic rings. The van der Waals surface area contributed by atoms with Crippen molar-refractivity contribution in [2.75, 3.05) is 11.5 Å². The first-order chi connectivity index (χ1) is 7.22. The van der Waals surface area contributed by atoms with Gasteiger partial charge >= 0.3 is 11.9 Å². The zero-order valence-corrected chi connectivity index (χ0v) is 8.43. The molecular weight excluding hydrogens is 216 g/mol. The topological polar surface area (TPSA) is 56.5 Å². The van der Waals surface area contributed by atoms with Crippen molar-refractivity contribution in [2.45, 2.75) is 10.8 Å². The number of esters is 2. The highest BCUT2D eigenvalue weighted by molar-refractivity contribution is 7.99. The van der Waals surface area contributed by atoms with E-state index in [0.29, 0.717) is 23.0 Å². The van der Waals surface area contributed by atoms with Gasteiger partial charge in [0.2, 0.25) is 0 Å². The van der Waals surface area contributed by atoms with E-state index in [9.17, 15) is 9.59 Å². The second kappa shape index (κ2) is 2.00. The van der Waals surface area contributed by atoms with Gasteiger partial charge in [-0.25, -0.2) is 0 Å². The smallest absolute Gasteiger partial charge is 0.330 e. The number of hydrogen-bond acceptors (Lipinski definition) is 5. The third-order valence-electron chi connectivity index (χ3n) is 3.70. The molecule has 15 heavy (non-hydrogen) atoms. The van der Waals surface area contributed by atoms with E-state index in [4.69, 9.17) is 9.15 Å². The van der Waals surface area contributed by atoms with Crippen LogP contribution in [0.4, 0.5) is 0 Å². The van der Waals surface area contributed by atoms with Crippen LogP contribution < -0.4 is 0 Å². The molecule has 0 radical (unpaired) electrons. The summed E-state index contributed by atoms with van der Waals surface area (Å²) in [5, 5.41) is 0. The van der Waals surface area contributed by atoms with Crippen molar-refractivity contribution in [3.63, 3.8) is 0 Å². The summed E-state index contributed by atoms with van der Waals surface area (Å²) in [6.07, 6.45) is 0. The van der Waals surface area contributed by atoms with Crippen molar-refractivity contribution in [3.05, 3.63) is 23.7 Å². The van der Waals surface area contributed by atoms with E-state index in [-0.39, 0.29) is 0 Å². The molecule has 0 N–H and O–H groups in total. The number of ether oxygens (including phenoxy) is 1. The van der Waals surface area contributed by atoms with Gasteiger partial charge < -0.3 is 9.15 Å². The Labute approximate surface area is 89.0 Å². The van der Waals surface area contributed by atoms with Crippen LogP contribution in [0.1, 0.15) is 11.5 Å². The van der Waals surface area contributed by atoms with E-state index in [2.05, 4.69) is 0 Å². The summed E-state index contributed by atoms with van der Waals surface area (Å²) in [5.74, 6) is 1.48. The summed E-state index contributed by atoms with van der Waals surface area (Å²) in [4.78, 5) is 23.7. The molecule has 0 unspecified atom stereocenters. The van der Waals surface area contributed by atoms with Gasteiger partial charge in [0.05, 0.1) is 0 Å². The van der Waals surface area contributed by atoms with E-state index in [1.54, 1.807) is 23.9 Å². The van der Waals surface area contributed by atoms with Crippen LogP contribution in [0.2, 0.25) is 0 Å². The summed E-state index contributed by atoms with van der Waals surface area (Å²) in [5.41, 5.74) is -1.67. The van der Waals surface area contributed by atoms with Crippen LogP contribution in [0.25, 0.3) is 0 Å². The minimum Gasteiger partial charge on any atom is -0.463 e. The van der Waals surface area contributed by atoms with E-state index < -0.39 is 22.8 Å². The van der Waals surface area contributed by atoms with Gasteiger partial charge in [0.15, 0.2) is 10.8 Å². The van der Waals surface area contributed by atoms with E-state index in [1.807, 2.05) is 0 Å². The first-order valence-corrected chi connectivity index (χ1v) is 5.82. The molecule has 4 rings (SSSR count). The van der Waals surface area contributed by atoms with Gasteiger partial charge in [0.1, 0.15) is 11.5 Å². The maximum atomic E-state index is 11.8. The average molecular weight is 222 g/mol. The largest absolute Gasteiger partial charge is 0.463 e. The first kappa shape index (κ1) is 7.98. The average Bonchev–Trinajstić information content (AvgIpc) is 2.89. The molecule has 0 saturated carbocycles. The number of cyclic esters (lactones) is 2. The van der Waals surface area contributed by atoms with E-state index in [1.165, 1.54) is 0 Å². The number of hydrogen-bond donors (Lipinski definition) is 0. The molecule has 0 aromatic carbocycles. The molecule has 1 aromatic heterocycles. The zero-order chi connectivity index (χ0) is 10.3. The van der Waals surface area contributed by atoms with Crippen LogP contribution in [0.3, 0.4) is 0 Å². The molecule has 3 aliphatic heterocycles. The maximum Gasteiger partial charge on any atom is 0.330 e. The fourth-order valence-corrected chi connectivity index (χ4v) is 4.62. The molecule has 2 fully saturated rings. The molecule has 76 valence electrons. The van der Waals surface area contributed by atoms with Crippen molar-refractivity contribution in [3.8, 4) is 0 Å². The standard InChI is InChI=1S/C10H6O4S/c11-7-9-3-15-4-10(9,8(12)14-7)6-2-1-5(9)13-6/h1-2H,3-4H2/t9-,10-/m0/s1. The Morgan fingerprint density at radius 3 is 2.13 bits per heavy atom. The molecule has 0 amide bonds. The van der Waals surface area contributed by atoms with Crippen LogP contribution in [-0.4, -0.2) is 23.4 Å². The monoisotopic (exact) mass is 222 g/mol. The van der Waals surface area contributed by atoms with Crippen molar-refractivity contribution in [1.82, 2.24) is 0 Å². The minimum atomic E-state index is -0.834. The molecular formula is C10H6O4S. The third kappa shape index (κ3) is 0.532. The predicted octanol–water partition coefficient (Wildman–Crippen LogP) is 0.599. The minimum absolute atomic E-state index is 0.438. The predicted molar refractivity (Wildman–Crippen MR) is 50.5 cm³/mol. The van der Waals surface area contributed by atoms with Crippen LogP contribution in [0, 0.1) is 0 Å². The van der Waals surface area contributed by atoms with Gasteiger partial charge in [0, 0.05) is 11.5 Å². The molecule has 2 saturated heterocycles. The van der Waals surface area contributed by atoms with E-state index in [0.717, 1.165) is 0 Å². The summed E-state index contributed by atoms with van der Waals surface area (Å²) in [6, 6.07) is 3.55. The Balaban J connectivity index is 2.15. The second-order valence-corrected chi connectivity index (χ2v) is 5.13. The first-order valence-electron chi connectivity index (χ1n) is 4.67. The zero-order valence-electron chi connectivity index (χ0n) is 7.61. The fourth-order valence-electron chi connectivity index (χ4n) is 2.89. The number of carbonyl (C=O) groups is 2. The lowest BCUT2D eigenvalue weighted by molar-refractivity contribution is -0.154. The molecule has 4 heterocycles. The van der Waals surface area contributed by atoms with Gasteiger partial charge in [-0.15, -0.1) is 0 Å². The van der Waals surface area contributed by atoms with Gasteiger partial charge in [-0.05, 0) is 12.1 Å². The quantitative estimate of drug-likeness (QED) is 0.475. The Bertz CT molecular complexity index is 477. The number of carbonyl (C=O) groups excluding carboxylic acids is 2. The maximum absolute atomic E-state index is 11.8. The lowest BCUT2D eigenvalue weighted by atomic mass is 9.64. The fraction of sp³-hybridized carbons (Fsp3) is 0.400. The molecule has 2 atom stereocenters. The number of fused-ring (bicyclic) bond motifs is 2. The van der Waals surface area contributed by atoms with E-state index >= 15 is 0 Å². The highest BCUT2D eigenvalue weighted by Crippen LogP contribution is 2.63. The van der Waals surface area contributed by atoms with Crippen molar-refractivity contribution in [1.29, 1.82) is 0 Å². The molecule has 0 spiro atoms. The summed E-state index contributed by atoms with van der Waals surface area (Å²) >= 11 is 1.61. The Kier molecular flexibility index (Phi) is 1.06. The lowest BCUT2D eigenvalue weighted by Gasteiger charge is -2.24. The Hall–Kier alpha value is -1.23. The van der Waals surface area contributed by atoms with Crippen LogP contribution in [-0.2, 0) is 25.2 Å². The molecule has 4 nitrogen and oxygen atoms in total. The normalized spacial score (nSPS) is 40.5. The molecule has 5 heteroatoms. The highest BCUT2D eigenvalue weighted by Gasteiger charge is 2.78. The molecule has 0 aliphatic carbocycles. The van der Waals surface area contributed by atoms with Crippen LogP contribution >= 0.6 is 11.8 Å².